The molecule has 1 fully saturated rings. The van der Waals surface area contributed by atoms with Crippen molar-refractivity contribution in [2.75, 3.05) is 11.9 Å². The molecule has 0 saturated heterocycles. The predicted molar refractivity (Wildman–Crippen MR) is 83.0 cm³/mol. The normalized spacial score (nSPS) is 21.2. The topological polar surface area (TPSA) is 84.2 Å². The molecule has 1 saturated carbocycles. The smallest absolute Gasteiger partial charge is 0.251 e. The number of amides is 2. The van der Waals surface area contributed by atoms with Gasteiger partial charge in [0.25, 0.3) is 5.91 Å². The molecule has 0 unspecified atom stereocenters. The third kappa shape index (κ3) is 4.19. The lowest BCUT2D eigenvalue weighted by molar-refractivity contribution is -0.120. The number of nitrogens with one attached hydrogen (secondary N) is 2. The van der Waals surface area contributed by atoms with Crippen LogP contribution in [0.15, 0.2) is 18.2 Å². The van der Waals surface area contributed by atoms with Crippen LogP contribution >= 0.6 is 0 Å². The van der Waals surface area contributed by atoms with Crippen molar-refractivity contribution in [1.29, 1.82) is 0 Å². The van der Waals surface area contributed by atoms with E-state index in [0.717, 1.165) is 25.3 Å². The van der Waals surface area contributed by atoms with Crippen LogP contribution in [0.2, 0.25) is 0 Å². The number of primary amides is 1. The molecule has 22 heavy (non-hydrogen) atoms. The molecule has 6 heteroatoms. The van der Waals surface area contributed by atoms with E-state index < -0.39 is 11.7 Å². The number of hydrogen-bond acceptors (Lipinski definition) is 3. The first-order chi connectivity index (χ1) is 10.5. The first-order valence-electron chi connectivity index (χ1n) is 7.60. The fourth-order valence-electron chi connectivity index (χ4n) is 2.79. The monoisotopic (exact) mass is 307 g/mol. The molecule has 2 rings (SSSR count). The van der Waals surface area contributed by atoms with Gasteiger partial charge in [-0.2, -0.15) is 0 Å². The molecule has 1 aromatic carbocycles. The van der Waals surface area contributed by atoms with Gasteiger partial charge in [-0.15, -0.1) is 0 Å². The lowest BCUT2D eigenvalue weighted by atomic mass is 9.86. The summed E-state index contributed by atoms with van der Waals surface area (Å²) in [5, 5.41) is 5.91. The third-order valence-corrected chi connectivity index (χ3v) is 4.14. The van der Waals surface area contributed by atoms with Gasteiger partial charge in [-0.05, 0) is 37.0 Å². The van der Waals surface area contributed by atoms with Gasteiger partial charge in [0, 0.05) is 11.7 Å². The van der Waals surface area contributed by atoms with Crippen molar-refractivity contribution in [3.05, 3.63) is 29.6 Å². The van der Waals surface area contributed by atoms with Crippen molar-refractivity contribution in [1.82, 2.24) is 5.32 Å². The molecule has 1 aliphatic carbocycles. The summed E-state index contributed by atoms with van der Waals surface area (Å²) in [5.74, 6) is -1.12. The van der Waals surface area contributed by atoms with Crippen LogP contribution in [0, 0.1) is 11.7 Å². The zero-order chi connectivity index (χ0) is 16.1. The van der Waals surface area contributed by atoms with E-state index in [2.05, 4.69) is 17.6 Å². The van der Waals surface area contributed by atoms with Gasteiger partial charge in [0.05, 0.1) is 12.1 Å². The van der Waals surface area contributed by atoms with Gasteiger partial charge >= 0.3 is 0 Å². The van der Waals surface area contributed by atoms with Gasteiger partial charge in [-0.3, -0.25) is 9.59 Å². The van der Waals surface area contributed by atoms with Crippen molar-refractivity contribution in [2.45, 2.75) is 38.6 Å². The summed E-state index contributed by atoms with van der Waals surface area (Å²) in [7, 11) is 0. The first kappa shape index (κ1) is 16.3. The summed E-state index contributed by atoms with van der Waals surface area (Å²) < 4.78 is 13.4. The van der Waals surface area contributed by atoms with Crippen molar-refractivity contribution in [2.24, 2.45) is 11.7 Å². The number of anilines is 1. The standard InChI is InChI=1S/C16H22FN3O2/c1-10-4-2-3-5-14(10)20-15(21)9-19-11-6-7-13(17)12(8-11)16(18)22/h6-8,10,14,19H,2-5,9H2,1H3,(H2,18,22)(H,20,21)/t10-,14-/m0/s1. The molecular weight excluding hydrogens is 285 g/mol. The molecule has 0 spiro atoms. The van der Waals surface area contributed by atoms with Crippen LogP contribution in [0.1, 0.15) is 43.0 Å². The Kier molecular flexibility index (Phi) is 5.35. The molecule has 120 valence electrons. The number of halogens is 1. The van der Waals surface area contributed by atoms with Gasteiger partial charge in [0.15, 0.2) is 0 Å². The van der Waals surface area contributed by atoms with Crippen LogP contribution in [0.3, 0.4) is 0 Å². The summed E-state index contributed by atoms with van der Waals surface area (Å²) in [6.45, 7) is 2.23. The van der Waals surface area contributed by atoms with E-state index in [4.69, 9.17) is 5.73 Å². The Balaban J connectivity index is 1.88. The van der Waals surface area contributed by atoms with Crippen molar-refractivity contribution >= 4 is 17.5 Å². The maximum absolute atomic E-state index is 13.4. The highest BCUT2D eigenvalue weighted by atomic mass is 19.1. The summed E-state index contributed by atoms with van der Waals surface area (Å²) >= 11 is 0. The number of nitrogens with two attached hydrogens (primary N) is 1. The number of hydrogen-bond donors (Lipinski definition) is 3. The molecule has 0 aromatic heterocycles. The Hall–Kier alpha value is -2.11. The molecule has 4 N–H and O–H groups in total. The second kappa shape index (κ2) is 7.24. The predicted octanol–water partition coefficient (Wildman–Crippen LogP) is 2.03. The van der Waals surface area contributed by atoms with Crippen LogP contribution in [0.5, 0.6) is 0 Å². The minimum Gasteiger partial charge on any atom is -0.376 e. The van der Waals surface area contributed by atoms with Crippen LogP contribution in [0.25, 0.3) is 0 Å². The Labute approximate surface area is 129 Å². The SMILES string of the molecule is C[C@H]1CCCC[C@@H]1NC(=O)CNc1ccc(F)c(C(N)=O)c1. The second-order valence-corrected chi connectivity index (χ2v) is 5.85. The number of carbonyl (C=O) groups excluding carboxylic acids is 2. The molecular formula is C16H22FN3O2. The maximum atomic E-state index is 13.4. The highest BCUT2D eigenvalue weighted by Gasteiger charge is 2.22. The molecule has 2 atom stereocenters. The molecule has 5 nitrogen and oxygen atoms in total. The number of benzene rings is 1. The largest absolute Gasteiger partial charge is 0.376 e. The second-order valence-electron chi connectivity index (χ2n) is 5.85. The minimum absolute atomic E-state index is 0.0764. The molecule has 2 amide bonds. The highest BCUT2D eigenvalue weighted by Crippen LogP contribution is 2.23. The molecule has 0 radical (unpaired) electrons. The van der Waals surface area contributed by atoms with Gasteiger partial charge < -0.3 is 16.4 Å². The van der Waals surface area contributed by atoms with Gasteiger partial charge in [-0.1, -0.05) is 19.8 Å². The molecule has 1 aliphatic rings. The van der Waals surface area contributed by atoms with Crippen LogP contribution in [0.4, 0.5) is 10.1 Å². The van der Waals surface area contributed by atoms with E-state index in [-0.39, 0.29) is 24.1 Å². The van der Waals surface area contributed by atoms with E-state index in [1.807, 2.05) is 0 Å². The van der Waals surface area contributed by atoms with E-state index in [0.29, 0.717) is 11.6 Å². The number of rotatable bonds is 5. The Bertz CT molecular complexity index is 562. The Morgan fingerprint density at radius 3 is 2.73 bits per heavy atom. The summed E-state index contributed by atoms with van der Waals surface area (Å²) in [6.07, 6.45) is 4.51. The fraction of sp³-hybridized carbons (Fsp3) is 0.500. The van der Waals surface area contributed by atoms with Crippen LogP contribution in [-0.4, -0.2) is 24.4 Å². The summed E-state index contributed by atoms with van der Waals surface area (Å²) in [5.41, 5.74) is 5.39. The average molecular weight is 307 g/mol. The molecule has 0 aliphatic heterocycles. The first-order valence-corrected chi connectivity index (χ1v) is 7.60. The lowest BCUT2D eigenvalue weighted by Gasteiger charge is -2.29. The summed E-state index contributed by atoms with van der Waals surface area (Å²) in [6, 6.07) is 4.16. The van der Waals surface area contributed by atoms with Crippen molar-refractivity contribution in [3.63, 3.8) is 0 Å². The van der Waals surface area contributed by atoms with Gasteiger partial charge in [-0.25, -0.2) is 4.39 Å². The van der Waals surface area contributed by atoms with Crippen molar-refractivity contribution in [3.8, 4) is 0 Å². The lowest BCUT2D eigenvalue weighted by Crippen LogP contribution is -2.43. The quantitative estimate of drug-likeness (QED) is 0.778. The molecule has 1 aromatic rings. The molecule has 0 heterocycles. The Morgan fingerprint density at radius 2 is 2.05 bits per heavy atom. The van der Waals surface area contributed by atoms with E-state index in [1.165, 1.54) is 18.6 Å². The highest BCUT2D eigenvalue weighted by molar-refractivity contribution is 5.94. The van der Waals surface area contributed by atoms with Gasteiger partial charge in [0.1, 0.15) is 5.82 Å². The van der Waals surface area contributed by atoms with E-state index >= 15 is 0 Å². The van der Waals surface area contributed by atoms with E-state index in [9.17, 15) is 14.0 Å². The fourth-order valence-corrected chi connectivity index (χ4v) is 2.79. The van der Waals surface area contributed by atoms with Crippen LogP contribution in [-0.2, 0) is 4.79 Å². The minimum atomic E-state index is -0.832. The van der Waals surface area contributed by atoms with Gasteiger partial charge in [0.2, 0.25) is 5.91 Å². The van der Waals surface area contributed by atoms with Crippen molar-refractivity contribution < 1.29 is 14.0 Å². The van der Waals surface area contributed by atoms with Crippen LogP contribution < -0.4 is 16.4 Å². The third-order valence-electron chi connectivity index (χ3n) is 4.14. The zero-order valence-corrected chi connectivity index (χ0v) is 12.7. The zero-order valence-electron chi connectivity index (χ0n) is 12.7. The summed E-state index contributed by atoms with van der Waals surface area (Å²) in [4.78, 5) is 23.1. The maximum Gasteiger partial charge on any atom is 0.251 e. The Morgan fingerprint density at radius 1 is 1.32 bits per heavy atom. The number of carbonyl (C=O) groups is 2. The van der Waals surface area contributed by atoms with E-state index in [1.54, 1.807) is 0 Å². The molecule has 0 bridgehead atoms. The average Bonchev–Trinajstić information content (AvgIpc) is 2.48.